The third kappa shape index (κ3) is 3.15. The maximum Gasteiger partial charge on any atom is 0.343 e. The first-order chi connectivity index (χ1) is 9.13. The summed E-state index contributed by atoms with van der Waals surface area (Å²) in [4.78, 5) is 22.3. The molecule has 5 nitrogen and oxygen atoms in total. The summed E-state index contributed by atoms with van der Waals surface area (Å²) in [5.74, 6) is 0.194. The third-order valence-corrected chi connectivity index (χ3v) is 3.51. The maximum absolute atomic E-state index is 11.9. The molecule has 0 spiro atoms. The number of methoxy groups -OCH3 is 1. The zero-order valence-electron chi connectivity index (χ0n) is 11.3. The second-order valence-electron chi connectivity index (χ2n) is 4.67. The number of hydrogen-bond acceptors (Lipinski definition) is 5. The van der Waals surface area contributed by atoms with E-state index in [1.54, 1.807) is 6.92 Å². The quantitative estimate of drug-likeness (QED) is 0.617. The summed E-state index contributed by atoms with van der Waals surface area (Å²) in [6.07, 6.45) is 4.62. The first-order valence-electron chi connectivity index (χ1n) is 6.51. The van der Waals surface area contributed by atoms with Crippen molar-refractivity contribution in [2.45, 2.75) is 32.6 Å². The van der Waals surface area contributed by atoms with E-state index in [0.717, 1.165) is 25.9 Å². The van der Waals surface area contributed by atoms with Crippen LogP contribution in [-0.2, 0) is 4.74 Å². The number of aryl methyl sites for hydroxylation is 1. The molecule has 19 heavy (non-hydrogen) atoms. The van der Waals surface area contributed by atoms with Crippen molar-refractivity contribution in [2.75, 3.05) is 25.1 Å². The number of halogens is 1. The lowest BCUT2D eigenvalue weighted by molar-refractivity contribution is 0.0599. The van der Waals surface area contributed by atoms with Gasteiger partial charge in [-0.25, -0.2) is 9.78 Å². The molecule has 0 aromatic carbocycles. The van der Waals surface area contributed by atoms with Crippen LogP contribution in [0.4, 0.5) is 5.82 Å². The normalized spacial score (nSPS) is 16.1. The Morgan fingerprint density at radius 1 is 1.21 bits per heavy atom. The number of rotatable bonds is 2. The van der Waals surface area contributed by atoms with Crippen molar-refractivity contribution in [2.24, 2.45) is 0 Å². The Morgan fingerprint density at radius 2 is 1.84 bits per heavy atom. The molecular formula is C13H18ClN3O2. The Morgan fingerprint density at radius 3 is 2.42 bits per heavy atom. The molecule has 1 fully saturated rings. The molecule has 0 aliphatic carbocycles. The number of carbonyl (C=O) groups excluding carboxylic acids is 1. The molecule has 1 saturated heterocycles. The highest BCUT2D eigenvalue weighted by molar-refractivity contribution is 6.28. The Hall–Kier alpha value is -1.36. The smallest absolute Gasteiger partial charge is 0.343 e. The van der Waals surface area contributed by atoms with E-state index < -0.39 is 5.97 Å². The van der Waals surface area contributed by atoms with Crippen LogP contribution in [0.2, 0.25) is 5.28 Å². The van der Waals surface area contributed by atoms with E-state index in [-0.39, 0.29) is 5.28 Å². The molecular weight excluding hydrogens is 266 g/mol. The zero-order chi connectivity index (χ0) is 13.8. The van der Waals surface area contributed by atoms with Crippen LogP contribution in [0.5, 0.6) is 0 Å². The summed E-state index contributed by atoms with van der Waals surface area (Å²) in [7, 11) is 1.36. The number of ether oxygens (including phenoxy) is 1. The molecule has 6 heteroatoms. The van der Waals surface area contributed by atoms with Crippen molar-refractivity contribution >= 4 is 23.4 Å². The average Bonchev–Trinajstić information content (AvgIpc) is 2.65. The lowest BCUT2D eigenvalue weighted by atomic mass is 10.2. The number of esters is 1. The molecule has 0 N–H and O–H groups in total. The van der Waals surface area contributed by atoms with E-state index >= 15 is 0 Å². The number of carbonyl (C=O) groups is 1. The van der Waals surface area contributed by atoms with Gasteiger partial charge in [0.25, 0.3) is 0 Å². The predicted octanol–water partition coefficient (Wildman–Crippen LogP) is 2.61. The van der Waals surface area contributed by atoms with Gasteiger partial charge in [-0.2, -0.15) is 4.98 Å². The Bertz CT molecular complexity index is 471. The van der Waals surface area contributed by atoms with Gasteiger partial charge >= 0.3 is 5.97 Å². The van der Waals surface area contributed by atoms with E-state index in [2.05, 4.69) is 14.9 Å². The molecule has 1 aliphatic heterocycles. The van der Waals surface area contributed by atoms with Crippen molar-refractivity contribution in [1.82, 2.24) is 9.97 Å². The van der Waals surface area contributed by atoms with Gasteiger partial charge in [0, 0.05) is 13.1 Å². The van der Waals surface area contributed by atoms with Gasteiger partial charge in [0.2, 0.25) is 5.28 Å². The second-order valence-corrected chi connectivity index (χ2v) is 5.01. The van der Waals surface area contributed by atoms with E-state index in [9.17, 15) is 4.79 Å². The van der Waals surface area contributed by atoms with Crippen LogP contribution >= 0.6 is 11.6 Å². The van der Waals surface area contributed by atoms with Crippen molar-refractivity contribution in [3.8, 4) is 0 Å². The van der Waals surface area contributed by atoms with Gasteiger partial charge < -0.3 is 9.64 Å². The lowest BCUT2D eigenvalue weighted by Gasteiger charge is -2.24. The molecule has 0 saturated carbocycles. The van der Waals surface area contributed by atoms with Crippen LogP contribution in [0.3, 0.4) is 0 Å². The monoisotopic (exact) mass is 283 g/mol. The molecule has 0 unspecified atom stereocenters. The molecule has 1 aliphatic rings. The highest BCUT2D eigenvalue weighted by Gasteiger charge is 2.23. The van der Waals surface area contributed by atoms with Crippen molar-refractivity contribution in [3.05, 3.63) is 16.5 Å². The summed E-state index contributed by atoms with van der Waals surface area (Å²) < 4.78 is 4.83. The largest absolute Gasteiger partial charge is 0.465 e. The van der Waals surface area contributed by atoms with Gasteiger partial charge in [-0.15, -0.1) is 0 Å². The van der Waals surface area contributed by atoms with Crippen LogP contribution in [0.1, 0.15) is 41.7 Å². The van der Waals surface area contributed by atoms with Gasteiger partial charge in [0.1, 0.15) is 11.4 Å². The maximum atomic E-state index is 11.9. The molecule has 0 bridgehead atoms. The van der Waals surface area contributed by atoms with E-state index in [4.69, 9.17) is 16.3 Å². The molecule has 2 heterocycles. The molecule has 0 atom stereocenters. The molecule has 104 valence electrons. The SMILES string of the molecule is COC(=O)c1c(C)nc(Cl)nc1N1CCCCCC1. The fourth-order valence-corrected chi connectivity index (χ4v) is 2.58. The van der Waals surface area contributed by atoms with E-state index in [1.165, 1.54) is 20.0 Å². The van der Waals surface area contributed by atoms with E-state index in [1.807, 2.05) is 0 Å². The summed E-state index contributed by atoms with van der Waals surface area (Å²) in [6.45, 7) is 3.52. The summed E-state index contributed by atoms with van der Waals surface area (Å²) in [5, 5.41) is 0.171. The highest BCUT2D eigenvalue weighted by Crippen LogP contribution is 2.25. The van der Waals surface area contributed by atoms with Gasteiger partial charge in [-0.3, -0.25) is 0 Å². The van der Waals surface area contributed by atoms with Gasteiger partial charge in [-0.05, 0) is 31.4 Å². The van der Waals surface area contributed by atoms with Crippen molar-refractivity contribution in [3.63, 3.8) is 0 Å². The molecule has 2 rings (SSSR count). The average molecular weight is 284 g/mol. The summed E-state index contributed by atoms with van der Waals surface area (Å²) >= 11 is 5.93. The minimum Gasteiger partial charge on any atom is -0.465 e. The minimum atomic E-state index is -0.409. The predicted molar refractivity (Wildman–Crippen MR) is 73.8 cm³/mol. The third-order valence-electron chi connectivity index (χ3n) is 3.34. The van der Waals surface area contributed by atoms with Crippen molar-refractivity contribution < 1.29 is 9.53 Å². The van der Waals surface area contributed by atoms with Gasteiger partial charge in [0.05, 0.1) is 12.8 Å². The number of hydrogen-bond donors (Lipinski definition) is 0. The number of nitrogens with zero attached hydrogens (tertiary/aromatic N) is 3. The van der Waals surface area contributed by atoms with Gasteiger partial charge in [-0.1, -0.05) is 12.8 Å². The summed E-state index contributed by atoms with van der Waals surface area (Å²) in [6, 6.07) is 0. The molecule has 1 aromatic rings. The zero-order valence-corrected chi connectivity index (χ0v) is 12.0. The van der Waals surface area contributed by atoms with Crippen LogP contribution in [-0.4, -0.2) is 36.1 Å². The first-order valence-corrected chi connectivity index (χ1v) is 6.88. The standard InChI is InChI=1S/C13H18ClN3O2/c1-9-10(12(18)19-2)11(16-13(14)15-9)17-7-5-3-4-6-8-17/h3-8H2,1-2H3. The van der Waals surface area contributed by atoms with Crippen LogP contribution < -0.4 is 4.90 Å². The van der Waals surface area contributed by atoms with Crippen LogP contribution in [0.15, 0.2) is 0 Å². The lowest BCUT2D eigenvalue weighted by Crippen LogP contribution is -2.28. The Balaban J connectivity index is 2.44. The molecule has 0 radical (unpaired) electrons. The fraction of sp³-hybridized carbons (Fsp3) is 0.615. The Labute approximate surface area is 117 Å². The van der Waals surface area contributed by atoms with Crippen LogP contribution in [0, 0.1) is 6.92 Å². The minimum absolute atomic E-state index is 0.171. The Kier molecular flexibility index (Phi) is 4.58. The number of aromatic nitrogens is 2. The van der Waals surface area contributed by atoms with Crippen molar-refractivity contribution in [1.29, 1.82) is 0 Å². The van der Waals surface area contributed by atoms with E-state index in [0.29, 0.717) is 17.1 Å². The topological polar surface area (TPSA) is 55.3 Å². The second kappa shape index (κ2) is 6.19. The highest BCUT2D eigenvalue weighted by atomic mass is 35.5. The molecule has 0 amide bonds. The summed E-state index contributed by atoms with van der Waals surface area (Å²) in [5.41, 5.74) is 0.986. The molecule has 1 aromatic heterocycles. The van der Waals surface area contributed by atoms with Gasteiger partial charge in [0.15, 0.2) is 0 Å². The van der Waals surface area contributed by atoms with Crippen LogP contribution in [0.25, 0.3) is 0 Å². The number of anilines is 1. The fourth-order valence-electron chi connectivity index (χ4n) is 2.38. The first kappa shape index (κ1) is 14.1.